The minimum Gasteiger partial charge on any atom is -0.379 e. The minimum absolute atomic E-state index is 0.178. The number of alkyl halides is 3. The molecule has 0 unspecified atom stereocenters. The van der Waals surface area contributed by atoms with E-state index in [1.165, 1.54) is 17.2 Å². The highest BCUT2D eigenvalue weighted by Gasteiger charge is 2.31. The Morgan fingerprint density at radius 3 is 2.44 bits per heavy atom. The lowest BCUT2D eigenvalue weighted by Gasteiger charge is -2.22. The van der Waals surface area contributed by atoms with Crippen LogP contribution in [0.4, 0.5) is 30.2 Å². The Morgan fingerprint density at radius 2 is 1.81 bits per heavy atom. The smallest absolute Gasteiger partial charge is 0.379 e. The number of nitrogens with one attached hydrogen (secondary N) is 1. The Hall–Kier alpha value is -3.42. The average molecular weight is 372 g/mol. The van der Waals surface area contributed by atoms with Crippen molar-refractivity contribution in [1.29, 1.82) is 0 Å². The van der Waals surface area contributed by atoms with Gasteiger partial charge in [-0.25, -0.2) is 0 Å². The van der Waals surface area contributed by atoms with Gasteiger partial charge < -0.3 is 5.32 Å². The molecular weight excluding hydrogens is 357 g/mol. The molecule has 5 nitrogen and oxygen atoms in total. The van der Waals surface area contributed by atoms with Crippen LogP contribution in [-0.4, -0.2) is 16.4 Å². The zero-order valence-electron chi connectivity index (χ0n) is 14.0. The van der Waals surface area contributed by atoms with Crippen molar-refractivity contribution in [3.63, 3.8) is 0 Å². The summed E-state index contributed by atoms with van der Waals surface area (Å²) < 4.78 is 39.4. The molecule has 0 fully saturated rings. The number of rotatable bonds is 6. The molecule has 0 saturated heterocycles. The minimum atomic E-state index is -4.49. The number of hydrogen-bond acceptors (Lipinski definition) is 4. The van der Waals surface area contributed by atoms with Gasteiger partial charge in [-0.1, -0.05) is 0 Å². The van der Waals surface area contributed by atoms with Crippen molar-refractivity contribution < 1.29 is 18.0 Å². The lowest BCUT2D eigenvalue weighted by atomic mass is 10.1. The zero-order chi connectivity index (χ0) is 19.3. The fourth-order valence-corrected chi connectivity index (χ4v) is 2.51. The van der Waals surface area contributed by atoms with E-state index in [-0.39, 0.29) is 12.2 Å². The van der Waals surface area contributed by atoms with Gasteiger partial charge in [0.25, 0.3) is 0 Å². The molecule has 0 saturated carbocycles. The van der Waals surface area contributed by atoms with Crippen LogP contribution < -0.4 is 10.2 Å². The molecule has 0 bridgehead atoms. The Balaban J connectivity index is 2.00. The van der Waals surface area contributed by atoms with Gasteiger partial charge in [0.2, 0.25) is 6.41 Å². The van der Waals surface area contributed by atoms with Crippen LogP contribution in [0.15, 0.2) is 67.3 Å². The average Bonchev–Trinajstić information content (AvgIpc) is 2.68. The predicted molar refractivity (Wildman–Crippen MR) is 95.4 cm³/mol. The number of carbonyl (C=O) groups is 1. The summed E-state index contributed by atoms with van der Waals surface area (Å²) in [6, 6.07) is 9.98. The van der Waals surface area contributed by atoms with E-state index in [0.717, 1.165) is 17.7 Å². The van der Waals surface area contributed by atoms with Gasteiger partial charge in [0.05, 0.1) is 28.8 Å². The molecule has 2 aromatic heterocycles. The molecule has 27 heavy (non-hydrogen) atoms. The van der Waals surface area contributed by atoms with E-state index in [1.807, 2.05) is 0 Å². The Labute approximate surface area is 153 Å². The SMILES string of the molecule is O=CN(c1cccnc1)c1ccc(C(F)(F)F)cc1NCc1ccncc1. The summed E-state index contributed by atoms with van der Waals surface area (Å²) in [7, 11) is 0. The molecule has 0 aliphatic rings. The highest BCUT2D eigenvalue weighted by molar-refractivity contribution is 5.91. The first-order chi connectivity index (χ1) is 13.0. The number of halogens is 3. The van der Waals surface area contributed by atoms with E-state index >= 15 is 0 Å². The molecule has 0 radical (unpaired) electrons. The largest absolute Gasteiger partial charge is 0.416 e. The van der Waals surface area contributed by atoms with Crippen molar-refractivity contribution in [2.45, 2.75) is 12.7 Å². The fourth-order valence-electron chi connectivity index (χ4n) is 2.51. The topological polar surface area (TPSA) is 58.1 Å². The standard InChI is InChI=1S/C19H15F3N4O/c20-19(21,22)15-3-4-18(26(13-27)16-2-1-7-24-12-16)17(10-15)25-11-14-5-8-23-9-6-14/h1-10,12-13,25H,11H2. The molecule has 138 valence electrons. The first-order valence-electron chi connectivity index (χ1n) is 7.97. The third-order valence-corrected chi connectivity index (χ3v) is 3.85. The van der Waals surface area contributed by atoms with Crippen LogP contribution in [0.25, 0.3) is 0 Å². The van der Waals surface area contributed by atoms with E-state index in [0.29, 0.717) is 17.8 Å². The maximum absolute atomic E-state index is 13.1. The molecule has 0 aliphatic carbocycles. The Kier molecular flexibility index (Phi) is 5.35. The second-order valence-corrected chi connectivity index (χ2v) is 5.63. The van der Waals surface area contributed by atoms with Crippen molar-refractivity contribution in [3.05, 3.63) is 78.4 Å². The van der Waals surface area contributed by atoms with Crippen LogP contribution in [0.2, 0.25) is 0 Å². The predicted octanol–water partition coefficient (Wildman–Crippen LogP) is 4.40. The van der Waals surface area contributed by atoms with E-state index < -0.39 is 11.7 Å². The second kappa shape index (κ2) is 7.86. The Morgan fingerprint density at radius 1 is 1.04 bits per heavy atom. The van der Waals surface area contributed by atoms with Crippen LogP contribution in [-0.2, 0) is 17.5 Å². The molecule has 1 aromatic carbocycles. The summed E-state index contributed by atoms with van der Waals surface area (Å²) in [4.78, 5) is 20.8. The van der Waals surface area contributed by atoms with Crippen LogP contribution in [0, 0.1) is 0 Å². The van der Waals surface area contributed by atoms with Crippen molar-refractivity contribution in [2.24, 2.45) is 0 Å². The summed E-state index contributed by atoms with van der Waals surface area (Å²) >= 11 is 0. The second-order valence-electron chi connectivity index (χ2n) is 5.63. The van der Waals surface area contributed by atoms with Gasteiger partial charge in [-0.05, 0) is 48.0 Å². The first kappa shape index (κ1) is 18.4. The number of amides is 1. The quantitative estimate of drug-likeness (QED) is 0.652. The molecule has 0 aliphatic heterocycles. The molecule has 0 spiro atoms. The van der Waals surface area contributed by atoms with Crippen LogP contribution in [0.5, 0.6) is 0 Å². The molecule has 3 aromatic rings. The summed E-state index contributed by atoms with van der Waals surface area (Å²) in [5, 5.41) is 2.98. The van der Waals surface area contributed by atoms with Gasteiger partial charge in [-0.3, -0.25) is 19.7 Å². The monoisotopic (exact) mass is 372 g/mol. The number of hydrogen-bond donors (Lipinski definition) is 1. The van der Waals surface area contributed by atoms with Crippen LogP contribution >= 0.6 is 0 Å². The zero-order valence-corrected chi connectivity index (χ0v) is 14.0. The van der Waals surface area contributed by atoms with Crippen LogP contribution in [0.1, 0.15) is 11.1 Å². The van der Waals surface area contributed by atoms with Gasteiger partial charge in [0.15, 0.2) is 0 Å². The molecule has 1 amide bonds. The molecule has 8 heteroatoms. The van der Waals surface area contributed by atoms with E-state index in [9.17, 15) is 18.0 Å². The third-order valence-electron chi connectivity index (χ3n) is 3.85. The number of carbonyl (C=O) groups excluding carboxylic acids is 1. The lowest BCUT2D eigenvalue weighted by Crippen LogP contribution is -2.17. The van der Waals surface area contributed by atoms with Gasteiger partial charge in [-0.15, -0.1) is 0 Å². The number of pyridine rings is 2. The molecular formula is C19H15F3N4O. The molecule has 3 rings (SSSR count). The van der Waals surface area contributed by atoms with Gasteiger partial charge in [0.1, 0.15) is 0 Å². The van der Waals surface area contributed by atoms with Crippen LogP contribution in [0.3, 0.4) is 0 Å². The molecule has 1 N–H and O–H groups in total. The highest BCUT2D eigenvalue weighted by Crippen LogP contribution is 2.37. The van der Waals surface area contributed by atoms with E-state index in [4.69, 9.17) is 0 Å². The highest BCUT2D eigenvalue weighted by atomic mass is 19.4. The number of anilines is 3. The summed E-state index contributed by atoms with van der Waals surface area (Å²) in [6.45, 7) is 0.274. The lowest BCUT2D eigenvalue weighted by molar-refractivity contribution is -0.137. The number of benzene rings is 1. The van der Waals surface area contributed by atoms with E-state index in [1.54, 1.807) is 42.9 Å². The normalized spacial score (nSPS) is 11.1. The van der Waals surface area contributed by atoms with Gasteiger partial charge >= 0.3 is 6.18 Å². The van der Waals surface area contributed by atoms with Crippen molar-refractivity contribution in [1.82, 2.24) is 9.97 Å². The van der Waals surface area contributed by atoms with Crippen molar-refractivity contribution in [2.75, 3.05) is 10.2 Å². The molecule has 0 atom stereocenters. The van der Waals surface area contributed by atoms with Gasteiger partial charge in [0, 0.05) is 25.1 Å². The maximum Gasteiger partial charge on any atom is 0.416 e. The summed E-state index contributed by atoms with van der Waals surface area (Å²) in [5.41, 5.74) is 0.949. The first-order valence-corrected chi connectivity index (χ1v) is 7.97. The number of aromatic nitrogens is 2. The van der Waals surface area contributed by atoms with Crippen molar-refractivity contribution >= 4 is 23.5 Å². The number of nitrogens with zero attached hydrogens (tertiary/aromatic N) is 3. The molecule has 2 heterocycles. The Bertz CT molecular complexity index is 902. The van der Waals surface area contributed by atoms with Crippen molar-refractivity contribution in [3.8, 4) is 0 Å². The third kappa shape index (κ3) is 4.41. The summed E-state index contributed by atoms with van der Waals surface area (Å²) in [6.07, 6.45) is 2.23. The maximum atomic E-state index is 13.1. The fraction of sp³-hybridized carbons (Fsp3) is 0.105. The van der Waals surface area contributed by atoms with E-state index in [2.05, 4.69) is 15.3 Å². The van der Waals surface area contributed by atoms with Gasteiger partial charge in [-0.2, -0.15) is 13.2 Å². The summed E-state index contributed by atoms with van der Waals surface area (Å²) in [5.74, 6) is 0.